The largest absolute Gasteiger partial charge is 0.391 e. The fourth-order valence-corrected chi connectivity index (χ4v) is 2.83. The Morgan fingerprint density at radius 3 is 1.12 bits per heavy atom. The minimum Gasteiger partial charge on any atom is -0.391 e. The average molecular weight is 707 g/mol. The van der Waals surface area contributed by atoms with Crippen molar-refractivity contribution in [3.63, 3.8) is 0 Å². The Hall–Kier alpha value is -1.14. The van der Waals surface area contributed by atoms with E-state index in [-0.39, 0.29) is 42.7 Å². The van der Waals surface area contributed by atoms with E-state index in [4.69, 9.17) is 43.7 Å². The minimum atomic E-state index is -0.285. The van der Waals surface area contributed by atoms with Crippen LogP contribution in [0.15, 0.2) is 30.3 Å². The van der Waals surface area contributed by atoms with Gasteiger partial charge in [-0.3, -0.25) is 0 Å². The zero-order valence-electron chi connectivity index (χ0n) is 34.3. The lowest BCUT2D eigenvalue weighted by atomic mass is 10.2. The first-order valence-electron chi connectivity index (χ1n) is 18.8. The normalized spacial score (nSPS) is 12.7. The zero-order chi connectivity index (χ0) is 38.5. The van der Waals surface area contributed by atoms with Gasteiger partial charge in [-0.05, 0) is 100 Å². The van der Waals surface area contributed by atoms with Crippen molar-refractivity contribution in [3.05, 3.63) is 35.9 Å². The molecule has 296 valence electrons. The van der Waals surface area contributed by atoms with Crippen LogP contribution in [0.25, 0.3) is 0 Å². The second-order valence-corrected chi connectivity index (χ2v) is 13.1. The lowest BCUT2D eigenvalue weighted by Crippen LogP contribution is -2.16. The molecule has 0 fully saturated rings. The lowest BCUT2D eigenvalue weighted by Gasteiger charge is -2.10. The maximum Gasteiger partial charge on any atom is 0.0771 e. The van der Waals surface area contributed by atoms with Crippen LogP contribution in [-0.2, 0) is 35.0 Å². The second kappa shape index (κ2) is 41.3. The molecule has 3 atom stereocenters. The molecule has 49 heavy (non-hydrogen) atoms. The third-order valence-electron chi connectivity index (χ3n) is 6.02. The highest BCUT2D eigenvalue weighted by atomic mass is 16.5. The predicted molar refractivity (Wildman–Crippen MR) is 205 cm³/mol. The van der Waals surface area contributed by atoms with Gasteiger partial charge in [0.15, 0.2) is 0 Å². The number of benzene rings is 1. The van der Waals surface area contributed by atoms with E-state index in [1.807, 2.05) is 94.4 Å². The van der Waals surface area contributed by atoms with Crippen LogP contribution in [-0.4, -0.2) is 104 Å². The van der Waals surface area contributed by atoms with E-state index in [9.17, 15) is 0 Å². The molecule has 1 aromatic carbocycles. The smallest absolute Gasteiger partial charge is 0.0771 e. The molecule has 0 saturated carbocycles. The van der Waals surface area contributed by atoms with Crippen LogP contribution < -0.4 is 0 Å². The van der Waals surface area contributed by atoms with Gasteiger partial charge in [0.25, 0.3) is 0 Å². The van der Waals surface area contributed by atoms with Gasteiger partial charge in [0, 0.05) is 6.61 Å². The van der Waals surface area contributed by atoms with Crippen molar-refractivity contribution < 1.29 is 43.7 Å². The number of ether oxygens (including phenoxy) is 6. The molecule has 0 saturated heterocycles. The lowest BCUT2D eigenvalue weighted by molar-refractivity contribution is 0.00463. The zero-order valence-corrected chi connectivity index (χ0v) is 34.3. The molecule has 0 aliphatic rings. The Morgan fingerprint density at radius 1 is 0.469 bits per heavy atom. The molecule has 3 N–H and O–H groups in total. The third-order valence-corrected chi connectivity index (χ3v) is 6.02. The Kier molecular flexibility index (Phi) is 46.0. The Bertz CT molecular complexity index is 672. The summed E-state index contributed by atoms with van der Waals surface area (Å²) in [4.78, 5) is 0. The topological polar surface area (TPSA) is 116 Å². The van der Waals surface area contributed by atoms with Gasteiger partial charge >= 0.3 is 0 Å². The molecular formula is C40H82O9. The fourth-order valence-electron chi connectivity index (χ4n) is 2.83. The van der Waals surface area contributed by atoms with Gasteiger partial charge in [-0.25, -0.2) is 0 Å². The highest BCUT2D eigenvalue weighted by Crippen LogP contribution is 2.00. The summed E-state index contributed by atoms with van der Waals surface area (Å²) in [6.07, 6.45) is 5.25. The van der Waals surface area contributed by atoms with Crippen LogP contribution in [0.5, 0.6) is 0 Å². The van der Waals surface area contributed by atoms with Gasteiger partial charge in [-0.2, -0.15) is 0 Å². The van der Waals surface area contributed by atoms with Crippen LogP contribution in [0.1, 0.15) is 135 Å². The van der Waals surface area contributed by atoms with Crippen molar-refractivity contribution in [1.82, 2.24) is 0 Å². The van der Waals surface area contributed by atoms with Gasteiger partial charge < -0.3 is 43.7 Å². The number of rotatable bonds is 22. The Morgan fingerprint density at radius 2 is 0.816 bits per heavy atom. The molecular weight excluding hydrogens is 624 g/mol. The van der Waals surface area contributed by atoms with Crippen molar-refractivity contribution in [2.75, 3.05) is 39.6 Å². The third kappa shape index (κ3) is 56.5. The van der Waals surface area contributed by atoms with Crippen molar-refractivity contribution in [2.45, 2.75) is 184 Å². The first-order valence-corrected chi connectivity index (χ1v) is 18.8. The van der Waals surface area contributed by atoms with Gasteiger partial charge in [-0.1, -0.05) is 64.4 Å². The summed E-state index contributed by atoms with van der Waals surface area (Å²) in [6, 6.07) is 10.2. The molecule has 0 bridgehead atoms. The van der Waals surface area contributed by atoms with Crippen LogP contribution in [0, 0.1) is 0 Å². The van der Waals surface area contributed by atoms with Crippen LogP contribution in [0.3, 0.4) is 0 Å². The molecule has 9 heteroatoms. The van der Waals surface area contributed by atoms with E-state index in [2.05, 4.69) is 32.9 Å². The van der Waals surface area contributed by atoms with Gasteiger partial charge in [0.05, 0.1) is 88.5 Å². The molecule has 0 radical (unpaired) electrons. The summed E-state index contributed by atoms with van der Waals surface area (Å²) in [6.45, 7) is 32.3. The molecule has 1 unspecified atom stereocenters. The van der Waals surface area contributed by atoms with Crippen LogP contribution >= 0.6 is 0 Å². The molecule has 1 rings (SSSR count). The van der Waals surface area contributed by atoms with Crippen molar-refractivity contribution in [1.29, 1.82) is 0 Å². The average Bonchev–Trinajstić information content (AvgIpc) is 3.06. The maximum absolute atomic E-state index is 8.98. The van der Waals surface area contributed by atoms with Crippen molar-refractivity contribution >= 4 is 0 Å². The van der Waals surface area contributed by atoms with Crippen LogP contribution in [0.2, 0.25) is 0 Å². The number of aliphatic hydroxyl groups is 3. The standard InChI is InChI=1S/C12H18O2.3C7H16O2.C7H16O/c1-11(2)14-9-8-13-10-12-6-4-3-5-7-12;3*1-4-7(8)5-9-6(2)3;1-4-5-6-8-7(2)3/h3-7,11H,8-10H2,1-2H3;3*6-8H,4-5H2,1-3H3;7H,4-6H2,1-3H3/t;2*7-;;/m.10../s1. The quantitative estimate of drug-likeness (QED) is 0.102. The van der Waals surface area contributed by atoms with E-state index in [1.54, 1.807) is 0 Å². The van der Waals surface area contributed by atoms with E-state index in [0.717, 1.165) is 25.9 Å². The summed E-state index contributed by atoms with van der Waals surface area (Å²) >= 11 is 0. The van der Waals surface area contributed by atoms with E-state index in [1.165, 1.54) is 18.4 Å². The number of hydrogen-bond acceptors (Lipinski definition) is 9. The van der Waals surface area contributed by atoms with Crippen LogP contribution in [0.4, 0.5) is 0 Å². The molecule has 0 aliphatic carbocycles. The molecule has 0 amide bonds. The number of aliphatic hydroxyl groups excluding tert-OH is 3. The summed E-state index contributed by atoms with van der Waals surface area (Å²) < 4.78 is 31.5. The first-order chi connectivity index (χ1) is 23.0. The molecule has 0 spiro atoms. The predicted octanol–water partition coefficient (Wildman–Crippen LogP) is 8.39. The molecule has 9 nitrogen and oxygen atoms in total. The monoisotopic (exact) mass is 707 g/mol. The van der Waals surface area contributed by atoms with Gasteiger partial charge in [0.1, 0.15) is 0 Å². The Balaban J connectivity index is -0.000000263. The summed E-state index contributed by atoms with van der Waals surface area (Å²) in [5.41, 5.74) is 1.21. The Labute approximate surface area is 303 Å². The maximum atomic E-state index is 8.98. The number of hydrogen-bond donors (Lipinski definition) is 3. The number of unbranched alkanes of at least 4 members (excludes halogenated alkanes) is 1. The van der Waals surface area contributed by atoms with Gasteiger partial charge in [0.2, 0.25) is 0 Å². The highest BCUT2D eigenvalue weighted by Gasteiger charge is 2.02. The fraction of sp³-hybridized carbons (Fsp3) is 0.850. The molecule has 0 heterocycles. The van der Waals surface area contributed by atoms with E-state index < -0.39 is 0 Å². The highest BCUT2D eigenvalue weighted by molar-refractivity contribution is 5.13. The minimum absolute atomic E-state index is 0.228. The van der Waals surface area contributed by atoms with E-state index >= 15 is 0 Å². The summed E-state index contributed by atoms with van der Waals surface area (Å²) in [7, 11) is 0. The molecule has 0 aromatic heterocycles. The summed E-state index contributed by atoms with van der Waals surface area (Å²) in [5.74, 6) is 0. The van der Waals surface area contributed by atoms with E-state index in [0.29, 0.717) is 45.7 Å². The second-order valence-electron chi connectivity index (χ2n) is 13.1. The SMILES string of the molecule is CC(C)OCCOCc1ccccc1.CCC(O)COC(C)C.CCCCOC(C)C.CC[C@@H](O)COC(C)C.CC[C@H](O)COC(C)C. The summed E-state index contributed by atoms with van der Waals surface area (Å²) in [5, 5.41) is 26.9. The first kappa shape index (κ1) is 54.6. The van der Waals surface area contributed by atoms with Crippen molar-refractivity contribution in [2.24, 2.45) is 0 Å². The van der Waals surface area contributed by atoms with Gasteiger partial charge in [-0.15, -0.1) is 0 Å². The molecule has 0 aliphatic heterocycles. The van der Waals surface area contributed by atoms with Crippen molar-refractivity contribution in [3.8, 4) is 0 Å². The molecule has 1 aromatic rings.